The Balaban J connectivity index is 1.71. The van der Waals surface area contributed by atoms with E-state index in [0.29, 0.717) is 12.8 Å². The van der Waals surface area contributed by atoms with Crippen molar-refractivity contribution >= 4 is 5.91 Å². The summed E-state index contributed by atoms with van der Waals surface area (Å²) in [4.78, 5) is 11.3. The Morgan fingerprint density at radius 2 is 2.06 bits per heavy atom. The first-order valence-corrected chi connectivity index (χ1v) is 6.80. The first-order valence-electron chi connectivity index (χ1n) is 6.80. The lowest BCUT2D eigenvalue weighted by Gasteiger charge is -2.35. The summed E-state index contributed by atoms with van der Waals surface area (Å²) in [6, 6.07) is 0. The molecule has 0 bridgehead atoms. The van der Waals surface area contributed by atoms with Crippen LogP contribution in [0.25, 0.3) is 0 Å². The van der Waals surface area contributed by atoms with E-state index in [9.17, 15) is 4.79 Å². The fraction of sp³-hybridized carbons (Fsp3) is 0.923. The monoisotopic (exact) mass is 240 g/mol. The highest BCUT2D eigenvalue weighted by Crippen LogP contribution is 2.31. The highest BCUT2D eigenvalue weighted by atomic mass is 16.5. The van der Waals surface area contributed by atoms with Gasteiger partial charge in [0.15, 0.2) is 0 Å². The largest absolute Gasteiger partial charge is 0.378 e. The van der Waals surface area contributed by atoms with Gasteiger partial charge in [0.1, 0.15) is 0 Å². The summed E-state index contributed by atoms with van der Waals surface area (Å²) in [6.45, 7) is 0.810. The van der Waals surface area contributed by atoms with Crippen LogP contribution < -0.4 is 11.5 Å². The van der Waals surface area contributed by atoms with E-state index in [1.807, 2.05) is 0 Å². The molecule has 2 aliphatic carbocycles. The lowest BCUT2D eigenvalue weighted by molar-refractivity contribution is -0.126. The standard InChI is InChI=1S/C13H24N2O2/c14-12(16)13(15)7-2-5-11(9-13)17-8-6-10-3-1-4-10/h10-11H,1-9,15H2,(H2,14,16). The molecule has 98 valence electrons. The number of hydrogen-bond donors (Lipinski definition) is 2. The minimum Gasteiger partial charge on any atom is -0.378 e. The van der Waals surface area contributed by atoms with Crippen LogP contribution in [0, 0.1) is 5.92 Å². The molecule has 0 aromatic carbocycles. The second-order valence-electron chi connectivity index (χ2n) is 5.70. The highest BCUT2D eigenvalue weighted by Gasteiger charge is 2.38. The topological polar surface area (TPSA) is 78.3 Å². The van der Waals surface area contributed by atoms with Gasteiger partial charge in [-0.2, -0.15) is 0 Å². The molecule has 0 aliphatic heterocycles. The van der Waals surface area contributed by atoms with Crippen molar-refractivity contribution in [3.8, 4) is 0 Å². The van der Waals surface area contributed by atoms with Crippen LogP contribution >= 0.6 is 0 Å². The molecule has 0 heterocycles. The Kier molecular flexibility index (Phi) is 4.05. The summed E-state index contributed by atoms with van der Waals surface area (Å²) in [5.41, 5.74) is 10.5. The fourth-order valence-electron chi connectivity index (χ4n) is 2.80. The second kappa shape index (κ2) is 5.36. The highest BCUT2D eigenvalue weighted by molar-refractivity contribution is 5.84. The SMILES string of the molecule is NC(=O)C1(N)CCCC(OCCC2CCC2)C1. The smallest absolute Gasteiger partial charge is 0.237 e. The van der Waals surface area contributed by atoms with Gasteiger partial charge in [0.25, 0.3) is 0 Å². The van der Waals surface area contributed by atoms with Gasteiger partial charge in [-0.25, -0.2) is 0 Å². The molecule has 0 radical (unpaired) electrons. The molecule has 17 heavy (non-hydrogen) atoms. The third-order valence-electron chi connectivity index (χ3n) is 4.34. The molecule has 2 unspecified atom stereocenters. The zero-order valence-electron chi connectivity index (χ0n) is 10.5. The summed E-state index contributed by atoms with van der Waals surface area (Å²) in [6.07, 6.45) is 8.61. The summed E-state index contributed by atoms with van der Waals surface area (Å²) in [7, 11) is 0. The Morgan fingerprint density at radius 1 is 1.29 bits per heavy atom. The van der Waals surface area contributed by atoms with Gasteiger partial charge in [-0.15, -0.1) is 0 Å². The lowest BCUT2D eigenvalue weighted by atomic mass is 9.80. The quantitative estimate of drug-likeness (QED) is 0.760. The van der Waals surface area contributed by atoms with E-state index >= 15 is 0 Å². The summed E-state index contributed by atoms with van der Waals surface area (Å²) in [5.74, 6) is 0.488. The molecule has 0 aromatic rings. The minimum absolute atomic E-state index is 0.126. The van der Waals surface area contributed by atoms with Crippen molar-refractivity contribution in [2.75, 3.05) is 6.61 Å². The number of amides is 1. The third-order valence-corrected chi connectivity index (χ3v) is 4.34. The number of primary amides is 1. The average Bonchev–Trinajstić information content (AvgIpc) is 2.22. The van der Waals surface area contributed by atoms with E-state index in [0.717, 1.165) is 31.8 Å². The van der Waals surface area contributed by atoms with Crippen LogP contribution in [-0.2, 0) is 9.53 Å². The minimum atomic E-state index is -0.834. The first kappa shape index (κ1) is 12.8. The van der Waals surface area contributed by atoms with E-state index in [1.165, 1.54) is 19.3 Å². The van der Waals surface area contributed by atoms with Crippen molar-refractivity contribution in [3.05, 3.63) is 0 Å². The maximum Gasteiger partial charge on any atom is 0.237 e. The van der Waals surface area contributed by atoms with E-state index < -0.39 is 5.54 Å². The van der Waals surface area contributed by atoms with E-state index in [1.54, 1.807) is 0 Å². The van der Waals surface area contributed by atoms with Crippen molar-refractivity contribution in [3.63, 3.8) is 0 Å². The average molecular weight is 240 g/mol. The van der Waals surface area contributed by atoms with Crippen molar-refractivity contribution in [1.29, 1.82) is 0 Å². The van der Waals surface area contributed by atoms with Crippen LogP contribution in [0.5, 0.6) is 0 Å². The predicted molar refractivity (Wildman–Crippen MR) is 66.3 cm³/mol. The zero-order chi connectivity index (χ0) is 12.3. The number of hydrogen-bond acceptors (Lipinski definition) is 3. The van der Waals surface area contributed by atoms with Crippen LogP contribution in [0.15, 0.2) is 0 Å². The van der Waals surface area contributed by atoms with Gasteiger partial charge in [0, 0.05) is 13.0 Å². The predicted octanol–water partition coefficient (Wildman–Crippen LogP) is 1.32. The van der Waals surface area contributed by atoms with Gasteiger partial charge in [-0.1, -0.05) is 19.3 Å². The molecule has 2 fully saturated rings. The third kappa shape index (κ3) is 3.19. The van der Waals surface area contributed by atoms with Crippen LogP contribution in [0.3, 0.4) is 0 Å². The van der Waals surface area contributed by atoms with E-state index in [2.05, 4.69) is 0 Å². The molecule has 2 rings (SSSR count). The first-order chi connectivity index (χ1) is 8.10. The van der Waals surface area contributed by atoms with Crippen molar-refractivity contribution < 1.29 is 9.53 Å². The van der Waals surface area contributed by atoms with E-state index in [-0.39, 0.29) is 12.0 Å². The maximum absolute atomic E-state index is 11.3. The molecule has 4 nitrogen and oxygen atoms in total. The molecule has 2 aliphatic rings. The Labute approximate surface area is 103 Å². The van der Waals surface area contributed by atoms with Crippen LogP contribution in [0.1, 0.15) is 51.4 Å². The fourth-order valence-corrected chi connectivity index (χ4v) is 2.80. The van der Waals surface area contributed by atoms with Gasteiger partial charge < -0.3 is 16.2 Å². The number of carbonyl (C=O) groups excluding carboxylic acids is 1. The molecule has 2 saturated carbocycles. The number of nitrogens with two attached hydrogens (primary N) is 2. The number of ether oxygens (including phenoxy) is 1. The zero-order valence-corrected chi connectivity index (χ0v) is 10.5. The van der Waals surface area contributed by atoms with E-state index in [4.69, 9.17) is 16.2 Å². The molecular formula is C13H24N2O2. The summed E-state index contributed by atoms with van der Waals surface area (Å²) < 4.78 is 5.85. The Hall–Kier alpha value is -0.610. The molecule has 1 amide bonds. The normalized spacial score (nSPS) is 34.3. The molecule has 2 atom stereocenters. The second-order valence-corrected chi connectivity index (χ2v) is 5.70. The summed E-state index contributed by atoms with van der Waals surface area (Å²) in [5, 5.41) is 0. The molecule has 4 heteroatoms. The molecular weight excluding hydrogens is 216 g/mol. The van der Waals surface area contributed by atoms with Gasteiger partial charge in [-0.3, -0.25) is 4.79 Å². The van der Waals surface area contributed by atoms with Gasteiger partial charge >= 0.3 is 0 Å². The van der Waals surface area contributed by atoms with Crippen LogP contribution in [-0.4, -0.2) is 24.2 Å². The molecule has 0 aromatic heterocycles. The van der Waals surface area contributed by atoms with Crippen molar-refractivity contribution in [2.24, 2.45) is 17.4 Å². The Bertz CT molecular complexity index is 279. The number of rotatable bonds is 5. The molecule has 0 saturated heterocycles. The van der Waals surface area contributed by atoms with Crippen molar-refractivity contribution in [2.45, 2.75) is 63.0 Å². The lowest BCUT2D eigenvalue weighted by Crippen LogP contribution is -2.56. The summed E-state index contributed by atoms with van der Waals surface area (Å²) >= 11 is 0. The van der Waals surface area contributed by atoms with Gasteiger partial charge in [0.05, 0.1) is 11.6 Å². The number of carbonyl (C=O) groups is 1. The molecule has 0 spiro atoms. The Morgan fingerprint density at radius 3 is 2.65 bits per heavy atom. The van der Waals surface area contributed by atoms with Gasteiger partial charge in [0.2, 0.25) is 5.91 Å². The van der Waals surface area contributed by atoms with Crippen LogP contribution in [0.4, 0.5) is 0 Å². The maximum atomic E-state index is 11.3. The molecule has 4 N–H and O–H groups in total. The van der Waals surface area contributed by atoms with Gasteiger partial charge in [-0.05, 0) is 31.6 Å². The van der Waals surface area contributed by atoms with Crippen LogP contribution in [0.2, 0.25) is 0 Å². The van der Waals surface area contributed by atoms with Crippen molar-refractivity contribution in [1.82, 2.24) is 0 Å².